The van der Waals surface area contributed by atoms with Gasteiger partial charge in [0.2, 0.25) is 0 Å². The van der Waals surface area contributed by atoms with Gasteiger partial charge in [-0.15, -0.1) is 0 Å². The molecule has 0 atom stereocenters. The largest absolute Gasteiger partial charge is 0.457 e. The summed E-state index contributed by atoms with van der Waals surface area (Å²) in [6.45, 7) is 4.24. The first-order valence-corrected chi connectivity index (χ1v) is 15.6. The van der Waals surface area contributed by atoms with Crippen molar-refractivity contribution >= 4 is 10.8 Å². The summed E-state index contributed by atoms with van der Waals surface area (Å²) in [5.74, 6) is 3.12. The van der Waals surface area contributed by atoms with E-state index in [4.69, 9.17) is 19.7 Å². The highest BCUT2D eigenvalue weighted by Crippen LogP contribution is 2.50. The SMILES string of the molecule is CC1(C)c2cc(-c3nc(-c4ccccc4)nc(-c4cccc(-c5ccc6cc(C#N)ccc6c5)c4)n3)ccc2Oc2cccc(C#N)c21. The van der Waals surface area contributed by atoms with Gasteiger partial charge in [0, 0.05) is 33.2 Å². The summed E-state index contributed by atoms with van der Waals surface area (Å²) >= 11 is 0. The van der Waals surface area contributed by atoms with Crippen LogP contribution in [0.5, 0.6) is 11.5 Å². The molecule has 1 aliphatic heterocycles. The maximum Gasteiger partial charge on any atom is 0.164 e. The van der Waals surface area contributed by atoms with Gasteiger partial charge in [-0.3, -0.25) is 0 Å². The Kier molecular flexibility index (Phi) is 6.79. The molecule has 1 aromatic heterocycles. The number of nitrogens with zero attached hydrogens (tertiary/aromatic N) is 5. The second-order valence-electron chi connectivity index (χ2n) is 12.4. The molecule has 0 fully saturated rings. The molecule has 0 aliphatic carbocycles. The molecule has 1 aliphatic rings. The van der Waals surface area contributed by atoms with Gasteiger partial charge in [0.05, 0.1) is 23.3 Å². The van der Waals surface area contributed by atoms with Crippen molar-refractivity contribution < 1.29 is 4.74 Å². The molecular weight excluding hydrogens is 590 g/mol. The number of hydrogen-bond donors (Lipinski definition) is 0. The summed E-state index contributed by atoms with van der Waals surface area (Å²) < 4.78 is 6.31. The molecule has 226 valence electrons. The third-order valence-corrected chi connectivity index (χ3v) is 8.99. The minimum Gasteiger partial charge on any atom is -0.457 e. The van der Waals surface area contributed by atoms with Crippen molar-refractivity contribution in [3.05, 3.63) is 150 Å². The Morgan fingerprint density at radius 2 is 1.15 bits per heavy atom. The van der Waals surface area contributed by atoms with Crippen LogP contribution in [0.1, 0.15) is 36.1 Å². The molecule has 6 heteroatoms. The lowest BCUT2D eigenvalue weighted by molar-refractivity contribution is 0.417. The van der Waals surface area contributed by atoms with E-state index < -0.39 is 5.41 Å². The van der Waals surface area contributed by atoms with Crippen molar-refractivity contribution in [3.8, 4) is 68.9 Å². The zero-order chi connectivity index (χ0) is 32.8. The van der Waals surface area contributed by atoms with Crippen LogP contribution in [0, 0.1) is 22.7 Å². The molecule has 8 rings (SSSR count). The smallest absolute Gasteiger partial charge is 0.164 e. The van der Waals surface area contributed by atoms with Crippen LogP contribution < -0.4 is 4.74 Å². The summed E-state index contributed by atoms with van der Waals surface area (Å²) in [4.78, 5) is 15.0. The third-order valence-electron chi connectivity index (χ3n) is 8.99. The van der Waals surface area contributed by atoms with E-state index in [2.05, 4.69) is 56.3 Å². The molecule has 6 nitrogen and oxygen atoms in total. The van der Waals surface area contributed by atoms with E-state index in [-0.39, 0.29) is 0 Å². The van der Waals surface area contributed by atoms with E-state index in [0.717, 1.165) is 55.5 Å². The minimum atomic E-state index is -0.492. The average Bonchev–Trinajstić information content (AvgIpc) is 3.14. The van der Waals surface area contributed by atoms with Crippen LogP contribution in [-0.2, 0) is 5.41 Å². The second kappa shape index (κ2) is 11.3. The molecule has 2 heterocycles. The van der Waals surface area contributed by atoms with Crippen molar-refractivity contribution in [2.75, 3.05) is 0 Å². The topological polar surface area (TPSA) is 95.5 Å². The Morgan fingerprint density at radius 1 is 0.521 bits per heavy atom. The van der Waals surface area contributed by atoms with Gasteiger partial charge in [0.15, 0.2) is 17.5 Å². The fourth-order valence-corrected chi connectivity index (χ4v) is 6.54. The Hall–Kier alpha value is -6.63. The molecule has 6 aromatic carbocycles. The highest BCUT2D eigenvalue weighted by molar-refractivity contribution is 5.89. The molecule has 0 saturated heterocycles. The average molecular weight is 618 g/mol. The van der Waals surface area contributed by atoms with Crippen molar-refractivity contribution in [1.29, 1.82) is 10.5 Å². The van der Waals surface area contributed by atoms with E-state index in [1.165, 1.54) is 0 Å². The lowest BCUT2D eigenvalue weighted by atomic mass is 9.73. The summed E-state index contributed by atoms with van der Waals surface area (Å²) in [6.07, 6.45) is 0. The van der Waals surface area contributed by atoms with Crippen LogP contribution in [0.4, 0.5) is 0 Å². The van der Waals surface area contributed by atoms with Crippen LogP contribution >= 0.6 is 0 Å². The highest BCUT2D eigenvalue weighted by atomic mass is 16.5. The molecule has 0 saturated carbocycles. The maximum absolute atomic E-state index is 9.90. The van der Waals surface area contributed by atoms with Crippen molar-refractivity contribution in [2.45, 2.75) is 19.3 Å². The predicted octanol–water partition coefficient (Wildman–Crippen LogP) is 9.87. The van der Waals surface area contributed by atoms with Crippen LogP contribution in [0.15, 0.2) is 127 Å². The lowest BCUT2D eigenvalue weighted by Gasteiger charge is -2.35. The van der Waals surface area contributed by atoms with Crippen molar-refractivity contribution in [3.63, 3.8) is 0 Å². The number of aromatic nitrogens is 3. The quantitative estimate of drug-likeness (QED) is 0.195. The third kappa shape index (κ3) is 4.94. The van der Waals surface area contributed by atoms with Gasteiger partial charge in [0.25, 0.3) is 0 Å². The summed E-state index contributed by atoms with van der Waals surface area (Å²) in [5, 5.41) is 21.3. The molecule has 0 bridgehead atoms. The fourth-order valence-electron chi connectivity index (χ4n) is 6.54. The fraction of sp³-hybridized carbons (Fsp3) is 0.0714. The molecule has 7 aromatic rings. The molecule has 0 unspecified atom stereocenters. The van der Waals surface area contributed by atoms with Crippen LogP contribution in [-0.4, -0.2) is 15.0 Å². The van der Waals surface area contributed by atoms with Gasteiger partial charge in [0.1, 0.15) is 11.5 Å². The zero-order valence-electron chi connectivity index (χ0n) is 26.3. The van der Waals surface area contributed by atoms with Crippen molar-refractivity contribution in [2.24, 2.45) is 0 Å². The van der Waals surface area contributed by atoms with Gasteiger partial charge in [-0.1, -0.05) is 86.6 Å². The van der Waals surface area contributed by atoms with Gasteiger partial charge >= 0.3 is 0 Å². The molecule has 0 radical (unpaired) electrons. The second-order valence-corrected chi connectivity index (χ2v) is 12.4. The van der Waals surface area contributed by atoms with E-state index in [9.17, 15) is 10.5 Å². The van der Waals surface area contributed by atoms with Gasteiger partial charge in [-0.2, -0.15) is 10.5 Å². The monoisotopic (exact) mass is 617 g/mol. The summed E-state index contributed by atoms with van der Waals surface area (Å²) in [7, 11) is 0. The summed E-state index contributed by atoms with van der Waals surface area (Å²) in [5.41, 5.74) is 7.24. The van der Waals surface area contributed by atoms with Gasteiger partial charge in [-0.05, 0) is 76.5 Å². The molecule has 0 amide bonds. The Morgan fingerprint density at radius 3 is 1.92 bits per heavy atom. The number of fused-ring (bicyclic) bond motifs is 3. The van der Waals surface area contributed by atoms with E-state index >= 15 is 0 Å². The molecule has 48 heavy (non-hydrogen) atoms. The lowest BCUT2D eigenvalue weighted by Crippen LogP contribution is -2.25. The molecule has 0 N–H and O–H groups in total. The number of hydrogen-bond acceptors (Lipinski definition) is 6. The van der Waals surface area contributed by atoms with Gasteiger partial charge in [-0.25, -0.2) is 15.0 Å². The number of ether oxygens (including phenoxy) is 1. The first-order chi connectivity index (χ1) is 23.4. The summed E-state index contributed by atoms with van der Waals surface area (Å²) in [6, 6.07) is 46.3. The van der Waals surface area contributed by atoms with E-state index in [0.29, 0.717) is 34.3 Å². The van der Waals surface area contributed by atoms with Crippen LogP contribution in [0.25, 0.3) is 56.1 Å². The Labute approximate surface area is 278 Å². The molecule has 0 spiro atoms. The normalized spacial score (nSPS) is 12.7. The van der Waals surface area contributed by atoms with Crippen LogP contribution in [0.2, 0.25) is 0 Å². The first-order valence-electron chi connectivity index (χ1n) is 15.6. The standard InChI is InChI=1S/C42H27N5O/c1-42(2)35-23-33(18-19-36(35)48-37-13-7-12-34(25-44)38(37)42)41-46-39(27-8-4-3-5-9-27)45-40(47-41)32-11-6-10-28(22-32)31-17-16-29-20-26(24-43)14-15-30(29)21-31/h3-23H,1-2H3. The first kappa shape index (κ1) is 28.8. The highest BCUT2D eigenvalue weighted by Gasteiger charge is 2.36. The number of nitriles is 2. The maximum atomic E-state index is 9.90. The minimum absolute atomic E-state index is 0.492. The van der Waals surface area contributed by atoms with Gasteiger partial charge < -0.3 is 4.74 Å². The van der Waals surface area contributed by atoms with E-state index in [1.54, 1.807) is 0 Å². The number of benzene rings is 6. The van der Waals surface area contributed by atoms with Crippen LogP contribution in [0.3, 0.4) is 0 Å². The van der Waals surface area contributed by atoms with Crippen molar-refractivity contribution in [1.82, 2.24) is 15.0 Å². The van der Waals surface area contributed by atoms with E-state index in [1.807, 2.05) is 97.1 Å². The Bertz CT molecular complexity index is 2490. The Balaban J connectivity index is 1.25. The molecular formula is C42H27N5O. The zero-order valence-corrected chi connectivity index (χ0v) is 26.3. The predicted molar refractivity (Wildman–Crippen MR) is 187 cm³/mol. The number of rotatable bonds is 4.